The molecule has 0 spiro atoms. The molecule has 2 amide bonds. The van der Waals surface area contributed by atoms with Crippen LogP contribution in [0.4, 0.5) is 0 Å². The van der Waals surface area contributed by atoms with Crippen molar-refractivity contribution in [3.63, 3.8) is 0 Å². The Kier molecular flexibility index (Phi) is 7.14. The van der Waals surface area contributed by atoms with Crippen molar-refractivity contribution in [2.45, 2.75) is 39.3 Å². The summed E-state index contributed by atoms with van der Waals surface area (Å²) in [5, 5.41) is 2.08. The smallest absolute Gasteiger partial charge is 0.254 e. The van der Waals surface area contributed by atoms with Crippen molar-refractivity contribution in [1.29, 1.82) is 0 Å². The van der Waals surface area contributed by atoms with Crippen molar-refractivity contribution in [2.75, 3.05) is 19.7 Å². The van der Waals surface area contributed by atoms with E-state index < -0.39 is 0 Å². The summed E-state index contributed by atoms with van der Waals surface area (Å²) in [5.41, 5.74) is 2.92. The van der Waals surface area contributed by atoms with E-state index in [1.807, 2.05) is 68.1 Å². The van der Waals surface area contributed by atoms with Crippen LogP contribution in [0.3, 0.4) is 0 Å². The van der Waals surface area contributed by atoms with E-state index in [1.54, 1.807) is 28.4 Å². The van der Waals surface area contributed by atoms with Gasteiger partial charge in [0.05, 0.1) is 6.04 Å². The van der Waals surface area contributed by atoms with Gasteiger partial charge in [0, 0.05) is 23.0 Å². The number of aryl methyl sites for hydroxylation is 1. The van der Waals surface area contributed by atoms with Crippen LogP contribution in [0.5, 0.6) is 5.75 Å². The summed E-state index contributed by atoms with van der Waals surface area (Å²) < 4.78 is 6.11. The van der Waals surface area contributed by atoms with Gasteiger partial charge in [-0.1, -0.05) is 35.9 Å². The van der Waals surface area contributed by atoms with E-state index in [9.17, 15) is 9.59 Å². The van der Waals surface area contributed by atoms with E-state index in [0.717, 1.165) is 17.7 Å². The predicted molar refractivity (Wildman–Crippen MR) is 132 cm³/mol. The Balaban J connectivity index is 1.52. The molecular weight excluding hydrogens is 432 g/mol. The van der Waals surface area contributed by atoms with Gasteiger partial charge in [0.1, 0.15) is 18.9 Å². The van der Waals surface area contributed by atoms with Gasteiger partial charge in [-0.05, 0) is 68.5 Å². The maximum absolute atomic E-state index is 13.5. The van der Waals surface area contributed by atoms with Crippen LogP contribution in [0.25, 0.3) is 0 Å². The Hall–Kier alpha value is -3.12. The minimum absolute atomic E-state index is 0.0475. The SMILES string of the molecule is Cc1ccc(OC[C@H]2c3ccsc3CCN2C(=O)CN(C(=O)c2ccccc2)C(C)C)cc1. The summed E-state index contributed by atoms with van der Waals surface area (Å²) >= 11 is 1.73. The molecule has 1 atom stereocenters. The Morgan fingerprint density at radius 1 is 1.09 bits per heavy atom. The normalized spacial score (nSPS) is 15.3. The Labute approximate surface area is 199 Å². The zero-order valence-corrected chi connectivity index (χ0v) is 20.2. The molecule has 3 aromatic rings. The molecule has 0 N–H and O–H groups in total. The lowest BCUT2D eigenvalue weighted by Crippen LogP contribution is -2.49. The van der Waals surface area contributed by atoms with E-state index in [1.165, 1.54) is 10.4 Å². The summed E-state index contributed by atoms with van der Waals surface area (Å²) in [6, 6.07) is 18.9. The fourth-order valence-corrected chi connectivity index (χ4v) is 5.08. The number of amides is 2. The summed E-state index contributed by atoms with van der Waals surface area (Å²) in [6.07, 6.45) is 0.827. The fourth-order valence-electron chi connectivity index (χ4n) is 4.16. The first-order valence-electron chi connectivity index (χ1n) is 11.3. The van der Waals surface area contributed by atoms with Crippen LogP contribution in [0.15, 0.2) is 66.0 Å². The highest BCUT2D eigenvalue weighted by atomic mass is 32.1. The molecule has 0 saturated heterocycles. The van der Waals surface area contributed by atoms with Crippen molar-refractivity contribution in [3.05, 3.63) is 87.6 Å². The largest absolute Gasteiger partial charge is 0.491 e. The molecule has 172 valence electrons. The number of carbonyl (C=O) groups is 2. The van der Waals surface area contributed by atoms with Crippen LogP contribution in [0, 0.1) is 6.92 Å². The average Bonchev–Trinajstić information content (AvgIpc) is 3.31. The first kappa shape index (κ1) is 23.1. The van der Waals surface area contributed by atoms with E-state index in [2.05, 4.69) is 11.4 Å². The van der Waals surface area contributed by atoms with Crippen LogP contribution in [-0.4, -0.2) is 47.4 Å². The second kappa shape index (κ2) is 10.2. The first-order valence-corrected chi connectivity index (χ1v) is 12.2. The Morgan fingerprint density at radius 3 is 2.52 bits per heavy atom. The van der Waals surface area contributed by atoms with Crippen LogP contribution in [-0.2, 0) is 11.2 Å². The molecule has 0 unspecified atom stereocenters. The van der Waals surface area contributed by atoms with Gasteiger partial charge in [0.25, 0.3) is 5.91 Å². The highest BCUT2D eigenvalue weighted by Gasteiger charge is 2.34. The summed E-state index contributed by atoms with van der Waals surface area (Å²) in [7, 11) is 0. The molecule has 1 aliphatic rings. The number of ether oxygens (including phenoxy) is 1. The van der Waals surface area contributed by atoms with Crippen LogP contribution >= 0.6 is 11.3 Å². The van der Waals surface area contributed by atoms with Crippen molar-refractivity contribution in [2.24, 2.45) is 0 Å². The lowest BCUT2D eigenvalue weighted by atomic mass is 10.00. The lowest BCUT2D eigenvalue weighted by molar-refractivity contribution is -0.136. The average molecular weight is 463 g/mol. The molecule has 0 bridgehead atoms. The van der Waals surface area contributed by atoms with Gasteiger partial charge in [-0.15, -0.1) is 11.3 Å². The maximum atomic E-state index is 13.5. The molecule has 33 heavy (non-hydrogen) atoms. The number of hydrogen-bond acceptors (Lipinski definition) is 4. The number of hydrogen-bond donors (Lipinski definition) is 0. The monoisotopic (exact) mass is 462 g/mol. The van der Waals surface area contributed by atoms with Crippen LogP contribution < -0.4 is 4.74 Å². The molecule has 5 nitrogen and oxygen atoms in total. The minimum Gasteiger partial charge on any atom is -0.491 e. The summed E-state index contributed by atoms with van der Waals surface area (Å²) in [6.45, 7) is 6.98. The number of fused-ring (bicyclic) bond motifs is 1. The van der Waals surface area contributed by atoms with E-state index in [4.69, 9.17) is 4.74 Å². The van der Waals surface area contributed by atoms with Gasteiger partial charge < -0.3 is 14.5 Å². The third kappa shape index (κ3) is 5.28. The van der Waals surface area contributed by atoms with E-state index in [0.29, 0.717) is 18.7 Å². The van der Waals surface area contributed by atoms with Crippen LogP contribution in [0.1, 0.15) is 46.3 Å². The van der Waals surface area contributed by atoms with Crippen molar-refractivity contribution in [1.82, 2.24) is 9.80 Å². The van der Waals surface area contributed by atoms with Crippen molar-refractivity contribution in [3.8, 4) is 5.75 Å². The Bertz CT molecular complexity index is 1090. The number of nitrogens with zero attached hydrogens (tertiary/aromatic N) is 2. The molecule has 0 saturated carbocycles. The number of rotatable bonds is 7. The lowest BCUT2D eigenvalue weighted by Gasteiger charge is -2.37. The van der Waals surface area contributed by atoms with Crippen molar-refractivity contribution < 1.29 is 14.3 Å². The van der Waals surface area contributed by atoms with Gasteiger partial charge in [0.15, 0.2) is 0 Å². The topological polar surface area (TPSA) is 49.9 Å². The minimum atomic E-state index is -0.172. The molecule has 0 radical (unpaired) electrons. The number of carbonyl (C=O) groups excluding carboxylic acids is 2. The first-order chi connectivity index (χ1) is 15.9. The molecule has 2 aromatic carbocycles. The standard InChI is InChI=1S/C27H30N2O3S/c1-19(2)29(27(31)21-7-5-4-6-8-21)17-26(30)28-15-13-25-23(14-16-33-25)24(28)18-32-22-11-9-20(3)10-12-22/h4-12,14,16,19,24H,13,15,17-18H2,1-3H3/t24-/m0/s1. The molecular formula is C27H30N2O3S. The van der Waals surface area contributed by atoms with E-state index in [-0.39, 0.29) is 30.4 Å². The van der Waals surface area contributed by atoms with Gasteiger partial charge in [-0.3, -0.25) is 9.59 Å². The molecule has 4 rings (SSSR count). The molecule has 0 fully saturated rings. The molecule has 6 heteroatoms. The van der Waals surface area contributed by atoms with Crippen LogP contribution in [0.2, 0.25) is 0 Å². The van der Waals surface area contributed by atoms with E-state index >= 15 is 0 Å². The van der Waals surface area contributed by atoms with Gasteiger partial charge in [-0.25, -0.2) is 0 Å². The maximum Gasteiger partial charge on any atom is 0.254 e. The second-order valence-corrected chi connectivity index (χ2v) is 9.67. The zero-order valence-electron chi connectivity index (χ0n) is 19.4. The summed E-state index contributed by atoms with van der Waals surface area (Å²) in [5.74, 6) is 0.611. The Morgan fingerprint density at radius 2 is 1.82 bits per heavy atom. The molecule has 2 heterocycles. The second-order valence-electron chi connectivity index (χ2n) is 8.67. The third-order valence-corrected chi connectivity index (χ3v) is 7.05. The van der Waals surface area contributed by atoms with Gasteiger partial charge >= 0.3 is 0 Å². The highest BCUT2D eigenvalue weighted by molar-refractivity contribution is 7.10. The molecule has 1 aromatic heterocycles. The zero-order chi connectivity index (χ0) is 23.4. The molecule has 0 aliphatic carbocycles. The number of thiophene rings is 1. The fraction of sp³-hybridized carbons (Fsp3) is 0.333. The number of benzene rings is 2. The molecule has 1 aliphatic heterocycles. The third-order valence-electron chi connectivity index (χ3n) is 6.05. The van der Waals surface area contributed by atoms with Gasteiger partial charge in [-0.2, -0.15) is 0 Å². The quantitative estimate of drug-likeness (QED) is 0.490. The highest BCUT2D eigenvalue weighted by Crippen LogP contribution is 2.34. The predicted octanol–water partition coefficient (Wildman–Crippen LogP) is 5.11. The van der Waals surface area contributed by atoms with Gasteiger partial charge in [0.2, 0.25) is 5.91 Å². The summed E-state index contributed by atoms with van der Waals surface area (Å²) in [4.78, 5) is 31.5. The van der Waals surface area contributed by atoms with Crippen molar-refractivity contribution >= 4 is 23.2 Å².